The summed E-state index contributed by atoms with van der Waals surface area (Å²) < 4.78 is 0. The first-order chi connectivity index (χ1) is 6.34. The van der Waals surface area contributed by atoms with E-state index in [4.69, 9.17) is 4.99 Å². The SMILES string of the molecule is CC1CCSC(=NC2CCSC2)N1. The molecule has 0 spiro atoms. The van der Waals surface area contributed by atoms with Crippen molar-refractivity contribution in [3.05, 3.63) is 0 Å². The van der Waals surface area contributed by atoms with E-state index in [-0.39, 0.29) is 0 Å². The highest BCUT2D eigenvalue weighted by atomic mass is 32.2. The van der Waals surface area contributed by atoms with Crippen LogP contribution in [-0.2, 0) is 0 Å². The summed E-state index contributed by atoms with van der Waals surface area (Å²) in [6, 6.07) is 1.21. The van der Waals surface area contributed by atoms with Gasteiger partial charge < -0.3 is 5.32 Å². The number of hydrogen-bond acceptors (Lipinski definition) is 3. The van der Waals surface area contributed by atoms with Crippen molar-refractivity contribution in [1.82, 2.24) is 5.32 Å². The van der Waals surface area contributed by atoms with E-state index in [0.29, 0.717) is 12.1 Å². The standard InChI is InChI=1S/C9H16N2S2/c1-7-2-5-13-9(10-7)11-8-3-4-12-6-8/h7-8H,2-6H2,1H3,(H,10,11). The lowest BCUT2D eigenvalue weighted by atomic mass is 10.2. The highest BCUT2D eigenvalue weighted by molar-refractivity contribution is 8.13. The first-order valence-corrected chi connectivity index (χ1v) is 7.03. The van der Waals surface area contributed by atoms with Crippen LogP contribution in [0.25, 0.3) is 0 Å². The normalized spacial score (nSPS) is 37.8. The molecule has 2 atom stereocenters. The van der Waals surface area contributed by atoms with E-state index in [1.54, 1.807) is 0 Å². The van der Waals surface area contributed by atoms with Crippen LogP contribution in [-0.4, -0.2) is 34.5 Å². The summed E-state index contributed by atoms with van der Waals surface area (Å²) in [5, 5.41) is 4.63. The second-order valence-electron chi connectivity index (χ2n) is 3.63. The van der Waals surface area contributed by atoms with E-state index in [0.717, 1.165) is 0 Å². The maximum atomic E-state index is 4.73. The molecule has 1 N–H and O–H groups in total. The maximum absolute atomic E-state index is 4.73. The van der Waals surface area contributed by atoms with Crippen molar-refractivity contribution in [1.29, 1.82) is 0 Å². The van der Waals surface area contributed by atoms with Crippen LogP contribution in [0.1, 0.15) is 19.8 Å². The molecule has 2 fully saturated rings. The van der Waals surface area contributed by atoms with Gasteiger partial charge in [-0.3, -0.25) is 4.99 Å². The van der Waals surface area contributed by atoms with E-state index in [1.165, 1.54) is 35.3 Å². The minimum Gasteiger partial charge on any atom is -0.362 e. The van der Waals surface area contributed by atoms with Crippen molar-refractivity contribution in [2.45, 2.75) is 31.8 Å². The number of hydrogen-bond donors (Lipinski definition) is 1. The Morgan fingerprint density at radius 2 is 2.31 bits per heavy atom. The molecule has 2 aliphatic heterocycles. The first-order valence-electron chi connectivity index (χ1n) is 4.89. The first kappa shape index (κ1) is 9.71. The summed E-state index contributed by atoms with van der Waals surface area (Å²) in [7, 11) is 0. The van der Waals surface area contributed by atoms with Gasteiger partial charge in [0.25, 0.3) is 0 Å². The molecule has 4 heteroatoms. The molecule has 2 aliphatic rings. The molecule has 2 saturated heterocycles. The van der Waals surface area contributed by atoms with Crippen molar-refractivity contribution in [3.8, 4) is 0 Å². The molecule has 0 saturated carbocycles. The van der Waals surface area contributed by atoms with Gasteiger partial charge in [0.2, 0.25) is 0 Å². The zero-order chi connectivity index (χ0) is 9.10. The van der Waals surface area contributed by atoms with Gasteiger partial charge in [-0.15, -0.1) is 0 Å². The van der Waals surface area contributed by atoms with Crippen LogP contribution in [0.5, 0.6) is 0 Å². The van der Waals surface area contributed by atoms with Crippen molar-refractivity contribution >= 4 is 28.7 Å². The van der Waals surface area contributed by atoms with Gasteiger partial charge in [0, 0.05) is 17.5 Å². The number of thioether (sulfide) groups is 2. The predicted molar refractivity (Wildman–Crippen MR) is 62.8 cm³/mol. The van der Waals surface area contributed by atoms with Crippen molar-refractivity contribution in [2.24, 2.45) is 4.99 Å². The van der Waals surface area contributed by atoms with Gasteiger partial charge in [-0.05, 0) is 25.5 Å². The number of aliphatic imine (C=N–C) groups is 1. The molecule has 2 heterocycles. The Balaban J connectivity index is 1.90. The predicted octanol–water partition coefficient (Wildman–Crippen LogP) is 1.96. The highest BCUT2D eigenvalue weighted by Crippen LogP contribution is 2.22. The minimum absolute atomic E-state index is 0.588. The van der Waals surface area contributed by atoms with E-state index >= 15 is 0 Å². The molecule has 0 bridgehead atoms. The number of rotatable bonds is 1. The summed E-state index contributed by atoms with van der Waals surface area (Å²) >= 11 is 3.91. The molecule has 2 nitrogen and oxygen atoms in total. The van der Waals surface area contributed by atoms with Crippen LogP contribution >= 0.6 is 23.5 Å². The molecular weight excluding hydrogens is 200 g/mol. The molecule has 74 valence electrons. The van der Waals surface area contributed by atoms with Crippen LogP contribution in [0.2, 0.25) is 0 Å². The quantitative estimate of drug-likeness (QED) is 0.725. The van der Waals surface area contributed by atoms with Gasteiger partial charge in [-0.1, -0.05) is 11.8 Å². The molecule has 0 aromatic carbocycles. The molecule has 0 radical (unpaired) electrons. The number of nitrogens with one attached hydrogen (secondary N) is 1. The lowest BCUT2D eigenvalue weighted by Crippen LogP contribution is -2.36. The summed E-state index contributed by atoms with van der Waals surface area (Å²) in [6.07, 6.45) is 2.54. The second kappa shape index (κ2) is 4.60. The average Bonchev–Trinajstić information content (AvgIpc) is 2.57. The molecule has 0 aromatic heterocycles. The Morgan fingerprint density at radius 1 is 1.38 bits per heavy atom. The van der Waals surface area contributed by atoms with E-state index in [1.807, 2.05) is 23.5 Å². The van der Waals surface area contributed by atoms with Gasteiger partial charge in [0.1, 0.15) is 0 Å². The van der Waals surface area contributed by atoms with Crippen LogP contribution in [0.15, 0.2) is 4.99 Å². The van der Waals surface area contributed by atoms with E-state index in [9.17, 15) is 0 Å². The van der Waals surface area contributed by atoms with Crippen molar-refractivity contribution in [3.63, 3.8) is 0 Å². The molecule has 2 rings (SSSR count). The van der Waals surface area contributed by atoms with Crippen molar-refractivity contribution in [2.75, 3.05) is 17.3 Å². The summed E-state index contributed by atoms with van der Waals surface area (Å²) in [5.74, 6) is 3.74. The van der Waals surface area contributed by atoms with Gasteiger partial charge in [0.05, 0.1) is 6.04 Å². The maximum Gasteiger partial charge on any atom is 0.157 e. The zero-order valence-corrected chi connectivity index (χ0v) is 9.59. The topological polar surface area (TPSA) is 24.4 Å². The van der Waals surface area contributed by atoms with Gasteiger partial charge in [-0.2, -0.15) is 11.8 Å². The molecule has 0 amide bonds. The van der Waals surface area contributed by atoms with Crippen LogP contribution in [0.4, 0.5) is 0 Å². The fourth-order valence-corrected chi connectivity index (χ4v) is 3.81. The average molecular weight is 216 g/mol. The van der Waals surface area contributed by atoms with Gasteiger partial charge in [0.15, 0.2) is 5.17 Å². The molecule has 2 unspecified atom stereocenters. The summed E-state index contributed by atoms with van der Waals surface area (Å²) in [6.45, 7) is 2.23. The molecule has 0 aromatic rings. The Bertz CT molecular complexity index is 200. The molecular formula is C9H16N2S2. The summed E-state index contributed by atoms with van der Waals surface area (Å²) in [5.41, 5.74) is 0. The number of amidine groups is 1. The number of nitrogens with zero attached hydrogens (tertiary/aromatic N) is 1. The monoisotopic (exact) mass is 216 g/mol. The third kappa shape index (κ3) is 2.81. The van der Waals surface area contributed by atoms with Gasteiger partial charge >= 0.3 is 0 Å². The summed E-state index contributed by atoms with van der Waals surface area (Å²) in [4.78, 5) is 4.73. The Kier molecular flexibility index (Phi) is 3.44. The lowest BCUT2D eigenvalue weighted by molar-refractivity contribution is 0.637. The van der Waals surface area contributed by atoms with Crippen molar-refractivity contribution < 1.29 is 0 Å². The molecule has 0 aliphatic carbocycles. The zero-order valence-electron chi connectivity index (χ0n) is 7.95. The van der Waals surface area contributed by atoms with E-state index < -0.39 is 0 Å². The lowest BCUT2D eigenvalue weighted by Gasteiger charge is -2.22. The van der Waals surface area contributed by atoms with E-state index in [2.05, 4.69) is 12.2 Å². The van der Waals surface area contributed by atoms with Gasteiger partial charge in [-0.25, -0.2) is 0 Å². The highest BCUT2D eigenvalue weighted by Gasteiger charge is 2.18. The minimum atomic E-state index is 0.588. The Labute approximate surface area is 88.3 Å². The fourth-order valence-electron chi connectivity index (χ4n) is 1.52. The Hall–Kier alpha value is 0.170. The third-order valence-electron chi connectivity index (χ3n) is 2.36. The fraction of sp³-hybridized carbons (Fsp3) is 0.889. The Morgan fingerprint density at radius 3 is 3.00 bits per heavy atom. The largest absolute Gasteiger partial charge is 0.362 e. The van der Waals surface area contributed by atoms with Crippen LogP contribution in [0.3, 0.4) is 0 Å². The van der Waals surface area contributed by atoms with Crippen LogP contribution in [0, 0.1) is 0 Å². The smallest absolute Gasteiger partial charge is 0.157 e. The molecule has 13 heavy (non-hydrogen) atoms. The third-order valence-corrected chi connectivity index (χ3v) is 4.45. The second-order valence-corrected chi connectivity index (χ2v) is 5.87. The van der Waals surface area contributed by atoms with Crippen LogP contribution < -0.4 is 5.32 Å².